The molecule has 1 aliphatic rings. The summed E-state index contributed by atoms with van der Waals surface area (Å²) in [6.07, 6.45) is 7.82. The summed E-state index contributed by atoms with van der Waals surface area (Å²) in [7, 11) is 0. The maximum atomic E-state index is 11.8. The summed E-state index contributed by atoms with van der Waals surface area (Å²) < 4.78 is 8.89. The molecular formula is C18H22N6O2. The zero-order valence-electron chi connectivity index (χ0n) is 15.1. The Labute approximate surface area is 151 Å². The van der Waals surface area contributed by atoms with Gasteiger partial charge in [0.2, 0.25) is 0 Å². The first-order chi connectivity index (χ1) is 12.4. The van der Waals surface area contributed by atoms with Gasteiger partial charge in [-0.25, -0.2) is 14.5 Å². The molecule has 0 radical (unpaired) electrons. The molecule has 8 nitrogen and oxygen atoms in total. The van der Waals surface area contributed by atoms with Crippen LogP contribution >= 0.6 is 0 Å². The quantitative estimate of drug-likeness (QED) is 0.777. The van der Waals surface area contributed by atoms with Gasteiger partial charge in [-0.3, -0.25) is 5.32 Å². The van der Waals surface area contributed by atoms with Crippen LogP contribution < -0.4 is 5.32 Å². The van der Waals surface area contributed by atoms with Crippen molar-refractivity contribution in [1.29, 1.82) is 0 Å². The summed E-state index contributed by atoms with van der Waals surface area (Å²) >= 11 is 0. The number of rotatable bonds is 4. The number of nitrogens with one attached hydrogen (secondary N) is 1. The number of pyridine rings is 1. The average Bonchev–Trinajstić information content (AvgIpc) is 3.18. The van der Waals surface area contributed by atoms with E-state index in [0.29, 0.717) is 18.3 Å². The molecule has 4 rings (SSSR count). The van der Waals surface area contributed by atoms with Crippen molar-refractivity contribution in [3.63, 3.8) is 0 Å². The van der Waals surface area contributed by atoms with Crippen LogP contribution in [0, 0.1) is 0 Å². The Hall–Kier alpha value is -2.90. The standard InChI is InChI=1S/C18H22N6O2/c1-18(2,3)26-17(25)20-15-11-24(22-21-15)10-14-9-23-8-13(12-4-5-12)6-7-16(23)19-14/h6-9,11-12H,4-5,10H2,1-3H3,(H,20,25). The van der Waals surface area contributed by atoms with Gasteiger partial charge in [0.15, 0.2) is 5.82 Å². The number of anilines is 1. The minimum absolute atomic E-state index is 0.346. The second-order valence-corrected chi connectivity index (χ2v) is 7.66. The molecule has 3 heterocycles. The zero-order valence-corrected chi connectivity index (χ0v) is 15.1. The second-order valence-electron chi connectivity index (χ2n) is 7.66. The van der Waals surface area contributed by atoms with Gasteiger partial charge in [-0.15, -0.1) is 5.10 Å². The molecule has 0 aromatic carbocycles. The summed E-state index contributed by atoms with van der Waals surface area (Å²) in [5.41, 5.74) is 2.60. The lowest BCUT2D eigenvalue weighted by Gasteiger charge is -2.18. The van der Waals surface area contributed by atoms with Crippen LogP contribution in [0.5, 0.6) is 0 Å². The zero-order chi connectivity index (χ0) is 18.3. The largest absolute Gasteiger partial charge is 0.444 e. The van der Waals surface area contributed by atoms with Crippen LogP contribution in [0.2, 0.25) is 0 Å². The summed E-state index contributed by atoms with van der Waals surface area (Å²) in [5, 5.41) is 10.6. The molecule has 8 heteroatoms. The van der Waals surface area contributed by atoms with Gasteiger partial charge in [0.25, 0.3) is 0 Å². The Kier molecular flexibility index (Phi) is 3.90. The van der Waals surface area contributed by atoms with Gasteiger partial charge in [0.1, 0.15) is 11.2 Å². The van der Waals surface area contributed by atoms with Crippen LogP contribution in [0.25, 0.3) is 5.65 Å². The number of fused-ring (bicyclic) bond motifs is 1. The van der Waals surface area contributed by atoms with Crippen LogP contribution in [-0.2, 0) is 11.3 Å². The highest BCUT2D eigenvalue weighted by molar-refractivity contribution is 5.83. The Bertz CT molecular complexity index is 948. The number of hydrogen-bond donors (Lipinski definition) is 1. The highest BCUT2D eigenvalue weighted by atomic mass is 16.6. The van der Waals surface area contributed by atoms with Crippen LogP contribution in [-0.4, -0.2) is 36.1 Å². The van der Waals surface area contributed by atoms with E-state index < -0.39 is 11.7 Å². The Balaban J connectivity index is 1.43. The Morgan fingerprint density at radius 3 is 2.81 bits per heavy atom. The number of carbonyl (C=O) groups excluding carboxylic acids is 1. The summed E-state index contributed by atoms with van der Waals surface area (Å²) in [6.45, 7) is 5.90. The first-order valence-corrected chi connectivity index (χ1v) is 8.73. The highest BCUT2D eigenvalue weighted by Gasteiger charge is 2.23. The number of imidazole rings is 1. The summed E-state index contributed by atoms with van der Waals surface area (Å²) in [4.78, 5) is 16.4. The lowest BCUT2D eigenvalue weighted by molar-refractivity contribution is 0.0635. The fourth-order valence-electron chi connectivity index (χ4n) is 2.80. The van der Waals surface area contributed by atoms with Crippen molar-refractivity contribution in [2.75, 3.05) is 5.32 Å². The SMILES string of the molecule is CC(C)(C)OC(=O)Nc1cn(Cc2cn3cc(C4CC4)ccc3n2)nn1. The predicted octanol–water partition coefficient (Wildman–Crippen LogP) is 3.20. The number of carbonyl (C=O) groups is 1. The Morgan fingerprint density at radius 1 is 1.27 bits per heavy atom. The molecular weight excluding hydrogens is 332 g/mol. The Morgan fingerprint density at radius 2 is 2.08 bits per heavy atom. The van der Waals surface area contributed by atoms with Gasteiger partial charge < -0.3 is 9.14 Å². The van der Waals surface area contributed by atoms with Crippen molar-refractivity contribution in [3.8, 4) is 0 Å². The third kappa shape index (κ3) is 3.84. The smallest absolute Gasteiger partial charge is 0.413 e. The molecule has 1 saturated carbocycles. The van der Waals surface area contributed by atoms with Crippen molar-refractivity contribution < 1.29 is 9.53 Å². The van der Waals surface area contributed by atoms with Crippen LogP contribution in [0.3, 0.4) is 0 Å². The molecule has 1 aliphatic carbocycles. The van der Waals surface area contributed by atoms with Gasteiger partial charge in [-0.2, -0.15) is 0 Å². The fraction of sp³-hybridized carbons (Fsp3) is 0.444. The third-order valence-electron chi connectivity index (χ3n) is 4.06. The van der Waals surface area contributed by atoms with E-state index in [0.717, 1.165) is 11.3 Å². The van der Waals surface area contributed by atoms with E-state index in [1.807, 2.05) is 33.0 Å². The average molecular weight is 354 g/mol. The van der Waals surface area contributed by atoms with Gasteiger partial charge in [0.05, 0.1) is 18.4 Å². The molecule has 0 bridgehead atoms. The molecule has 3 aromatic rings. The maximum Gasteiger partial charge on any atom is 0.413 e. The van der Waals surface area contributed by atoms with E-state index in [2.05, 4.69) is 37.3 Å². The normalized spacial score (nSPS) is 14.6. The third-order valence-corrected chi connectivity index (χ3v) is 4.06. The molecule has 3 aromatic heterocycles. The van der Waals surface area contributed by atoms with E-state index in [-0.39, 0.29) is 0 Å². The summed E-state index contributed by atoms with van der Waals surface area (Å²) in [5.74, 6) is 1.06. The number of ether oxygens (including phenoxy) is 1. The van der Waals surface area contributed by atoms with E-state index in [4.69, 9.17) is 4.74 Å². The van der Waals surface area contributed by atoms with Crippen molar-refractivity contribution in [3.05, 3.63) is 42.0 Å². The molecule has 0 atom stereocenters. The molecule has 26 heavy (non-hydrogen) atoms. The molecule has 1 amide bonds. The topological polar surface area (TPSA) is 86.3 Å². The minimum Gasteiger partial charge on any atom is -0.444 e. The number of amides is 1. The van der Waals surface area contributed by atoms with Gasteiger partial charge in [-0.1, -0.05) is 11.3 Å². The fourth-order valence-corrected chi connectivity index (χ4v) is 2.80. The molecule has 0 unspecified atom stereocenters. The lowest BCUT2D eigenvalue weighted by atomic mass is 10.2. The van der Waals surface area contributed by atoms with Crippen molar-refractivity contribution in [1.82, 2.24) is 24.4 Å². The minimum atomic E-state index is -0.560. The first kappa shape index (κ1) is 16.6. The number of hydrogen-bond acceptors (Lipinski definition) is 5. The van der Waals surface area contributed by atoms with Crippen LogP contribution in [0.4, 0.5) is 10.6 Å². The highest BCUT2D eigenvalue weighted by Crippen LogP contribution is 2.39. The van der Waals surface area contributed by atoms with Crippen molar-refractivity contribution in [2.45, 2.75) is 51.7 Å². The maximum absolute atomic E-state index is 11.8. The van der Waals surface area contributed by atoms with E-state index in [1.165, 1.54) is 18.4 Å². The second kappa shape index (κ2) is 6.12. The van der Waals surface area contributed by atoms with Gasteiger partial charge in [-0.05, 0) is 51.2 Å². The first-order valence-electron chi connectivity index (χ1n) is 8.73. The van der Waals surface area contributed by atoms with E-state index in [9.17, 15) is 4.79 Å². The molecule has 0 saturated heterocycles. The van der Waals surface area contributed by atoms with Crippen LogP contribution in [0.15, 0.2) is 30.7 Å². The van der Waals surface area contributed by atoms with E-state index in [1.54, 1.807) is 10.9 Å². The molecule has 0 aliphatic heterocycles. The molecule has 1 fully saturated rings. The number of nitrogens with zero attached hydrogens (tertiary/aromatic N) is 5. The predicted molar refractivity (Wildman–Crippen MR) is 96.1 cm³/mol. The molecule has 136 valence electrons. The van der Waals surface area contributed by atoms with Gasteiger partial charge in [0, 0.05) is 12.4 Å². The number of aromatic nitrogens is 5. The van der Waals surface area contributed by atoms with Crippen molar-refractivity contribution in [2.24, 2.45) is 0 Å². The van der Waals surface area contributed by atoms with Crippen molar-refractivity contribution >= 4 is 17.6 Å². The van der Waals surface area contributed by atoms with Crippen LogP contribution in [0.1, 0.15) is 50.8 Å². The van der Waals surface area contributed by atoms with E-state index >= 15 is 0 Å². The molecule has 1 N–H and O–H groups in total. The summed E-state index contributed by atoms with van der Waals surface area (Å²) in [6, 6.07) is 4.20. The molecule has 0 spiro atoms. The lowest BCUT2D eigenvalue weighted by Crippen LogP contribution is -2.27. The monoisotopic (exact) mass is 354 g/mol. The van der Waals surface area contributed by atoms with Gasteiger partial charge >= 0.3 is 6.09 Å².